The molecule has 3 aliphatic rings. The Bertz CT molecular complexity index is 908. The van der Waals surface area contributed by atoms with Gasteiger partial charge in [0, 0.05) is 12.0 Å². The van der Waals surface area contributed by atoms with Gasteiger partial charge in [0.2, 0.25) is 0 Å². The second kappa shape index (κ2) is 6.11. The van der Waals surface area contributed by atoms with Crippen LogP contribution in [-0.4, -0.2) is 36.9 Å². The zero-order valence-electron chi connectivity index (χ0n) is 15.2. The number of fused-ring (bicyclic) bond motifs is 4. The Labute approximate surface area is 155 Å². The lowest BCUT2D eigenvalue weighted by Gasteiger charge is -2.50. The number of nitrogens with one attached hydrogen (secondary N) is 1. The molecule has 5 rings (SSSR count). The van der Waals surface area contributed by atoms with Crippen molar-refractivity contribution >= 4 is 28.9 Å². The summed E-state index contributed by atoms with van der Waals surface area (Å²) in [5.41, 5.74) is 0.622. The lowest BCUT2D eigenvalue weighted by atomic mass is 9.53. The minimum atomic E-state index is -0.652. The molecule has 140 valence electrons. The Morgan fingerprint density at radius 1 is 1.23 bits per heavy atom. The molecular weight excluding hydrogens is 352 g/mol. The van der Waals surface area contributed by atoms with Crippen LogP contribution in [0.25, 0.3) is 11.2 Å². The SMILES string of the molecule is CCCn1c(=O)nc(SC)c2[nH]c(C34CCC(C(=O)O)(CC3)CC4)nc21. The number of carbonyl (C=O) groups is 1. The van der Waals surface area contributed by atoms with Gasteiger partial charge in [-0.2, -0.15) is 4.98 Å². The highest BCUT2D eigenvalue weighted by Crippen LogP contribution is 2.57. The average Bonchev–Trinajstić information content (AvgIpc) is 3.11. The van der Waals surface area contributed by atoms with Gasteiger partial charge in [-0.25, -0.2) is 9.78 Å². The summed E-state index contributed by atoms with van der Waals surface area (Å²) in [5.74, 6) is 0.250. The maximum atomic E-state index is 12.4. The molecule has 3 aliphatic carbocycles. The number of H-pyrrole nitrogens is 1. The molecule has 8 heteroatoms. The largest absolute Gasteiger partial charge is 0.481 e. The lowest BCUT2D eigenvalue weighted by Crippen LogP contribution is -2.48. The number of aryl methyl sites for hydroxylation is 1. The summed E-state index contributed by atoms with van der Waals surface area (Å²) in [6, 6.07) is 0. The number of rotatable bonds is 5. The Morgan fingerprint density at radius 2 is 1.88 bits per heavy atom. The Morgan fingerprint density at radius 3 is 2.42 bits per heavy atom. The number of carboxylic acids is 1. The predicted molar refractivity (Wildman–Crippen MR) is 99.7 cm³/mol. The second-order valence-electron chi connectivity index (χ2n) is 7.71. The Kier molecular flexibility index (Phi) is 4.13. The Balaban J connectivity index is 1.80. The van der Waals surface area contributed by atoms with Crippen molar-refractivity contribution < 1.29 is 9.90 Å². The molecule has 2 heterocycles. The van der Waals surface area contributed by atoms with E-state index < -0.39 is 11.4 Å². The van der Waals surface area contributed by atoms with Crippen LogP contribution in [0.3, 0.4) is 0 Å². The van der Waals surface area contributed by atoms with Crippen molar-refractivity contribution in [1.82, 2.24) is 19.5 Å². The van der Waals surface area contributed by atoms with E-state index in [1.165, 1.54) is 11.8 Å². The zero-order valence-corrected chi connectivity index (χ0v) is 16.0. The summed E-state index contributed by atoms with van der Waals surface area (Å²) in [5, 5.41) is 10.3. The third kappa shape index (κ3) is 2.41. The van der Waals surface area contributed by atoms with Crippen molar-refractivity contribution in [2.24, 2.45) is 5.41 Å². The maximum Gasteiger partial charge on any atom is 0.350 e. The van der Waals surface area contributed by atoms with Crippen LogP contribution in [0.2, 0.25) is 0 Å². The summed E-state index contributed by atoms with van der Waals surface area (Å²) in [7, 11) is 0. The minimum absolute atomic E-state index is 0.0982. The molecule has 0 aliphatic heterocycles. The topological polar surface area (TPSA) is 101 Å². The standard InChI is InChI=1S/C18H24N4O3S/c1-3-10-22-12-11(13(26-2)21-16(22)25)19-14(20-12)17-4-7-18(8-5-17,9-6-17)15(23)24/h3-10H2,1-2H3,(H,19,20)(H,23,24). The molecule has 2 aromatic heterocycles. The van der Waals surface area contributed by atoms with E-state index in [0.717, 1.165) is 37.0 Å². The first kappa shape index (κ1) is 17.6. The fourth-order valence-corrected chi connectivity index (χ4v) is 5.20. The normalized spacial score (nSPS) is 27.9. The van der Waals surface area contributed by atoms with E-state index in [0.29, 0.717) is 36.5 Å². The number of aromatic nitrogens is 4. The number of nitrogens with zero attached hydrogens (tertiary/aromatic N) is 3. The highest BCUT2D eigenvalue weighted by molar-refractivity contribution is 7.98. The molecule has 3 fully saturated rings. The summed E-state index contributed by atoms with van der Waals surface area (Å²) < 4.78 is 1.65. The van der Waals surface area contributed by atoms with Crippen molar-refractivity contribution in [3.63, 3.8) is 0 Å². The van der Waals surface area contributed by atoms with E-state index in [-0.39, 0.29) is 11.1 Å². The van der Waals surface area contributed by atoms with Crippen LogP contribution in [0.5, 0.6) is 0 Å². The number of hydrogen-bond acceptors (Lipinski definition) is 5. The number of carboxylic acid groups (broad SMARTS) is 1. The first-order chi connectivity index (χ1) is 12.4. The molecule has 2 aromatic rings. The summed E-state index contributed by atoms with van der Waals surface area (Å²) in [4.78, 5) is 36.6. The Hall–Kier alpha value is -1.83. The second-order valence-corrected chi connectivity index (χ2v) is 8.50. The van der Waals surface area contributed by atoms with Gasteiger partial charge >= 0.3 is 11.7 Å². The van der Waals surface area contributed by atoms with Crippen LogP contribution >= 0.6 is 11.8 Å². The van der Waals surface area contributed by atoms with E-state index in [1.54, 1.807) is 4.57 Å². The number of imidazole rings is 1. The van der Waals surface area contributed by atoms with Crippen LogP contribution in [0.4, 0.5) is 0 Å². The molecule has 2 N–H and O–H groups in total. The van der Waals surface area contributed by atoms with Crippen LogP contribution < -0.4 is 5.69 Å². The van der Waals surface area contributed by atoms with Gasteiger partial charge in [0.1, 0.15) is 16.4 Å². The number of aliphatic carboxylic acids is 1. The van der Waals surface area contributed by atoms with Crippen molar-refractivity contribution in [2.45, 2.75) is 68.9 Å². The molecule has 0 aromatic carbocycles. The van der Waals surface area contributed by atoms with Crippen LogP contribution in [0.1, 0.15) is 57.7 Å². The van der Waals surface area contributed by atoms with Crippen LogP contribution in [0.15, 0.2) is 9.82 Å². The van der Waals surface area contributed by atoms with E-state index >= 15 is 0 Å². The van der Waals surface area contributed by atoms with Crippen molar-refractivity contribution in [3.05, 3.63) is 16.3 Å². The van der Waals surface area contributed by atoms with Crippen LogP contribution in [0, 0.1) is 5.41 Å². The van der Waals surface area contributed by atoms with Crippen molar-refractivity contribution in [2.75, 3.05) is 6.26 Å². The summed E-state index contributed by atoms with van der Waals surface area (Å²) >= 11 is 1.45. The van der Waals surface area contributed by atoms with Gasteiger partial charge in [0.25, 0.3) is 0 Å². The van der Waals surface area contributed by atoms with Gasteiger partial charge in [-0.1, -0.05) is 6.92 Å². The third-order valence-electron chi connectivity index (χ3n) is 6.43. The molecular formula is C18H24N4O3S. The first-order valence-corrected chi connectivity index (χ1v) is 10.5. The predicted octanol–water partition coefficient (Wildman–Crippen LogP) is 2.93. The molecule has 26 heavy (non-hydrogen) atoms. The monoisotopic (exact) mass is 376 g/mol. The quantitative estimate of drug-likeness (QED) is 0.615. The van der Waals surface area contributed by atoms with Gasteiger partial charge < -0.3 is 10.1 Å². The molecule has 2 bridgehead atoms. The number of hydrogen-bond donors (Lipinski definition) is 2. The smallest absolute Gasteiger partial charge is 0.350 e. The molecule has 0 atom stereocenters. The lowest BCUT2D eigenvalue weighted by molar-refractivity contribution is -0.156. The fourth-order valence-electron chi connectivity index (χ4n) is 4.69. The molecule has 3 saturated carbocycles. The molecule has 0 saturated heterocycles. The maximum absolute atomic E-state index is 12.4. The van der Waals surface area contributed by atoms with Gasteiger partial charge in [0.05, 0.1) is 5.41 Å². The molecule has 0 radical (unpaired) electrons. The van der Waals surface area contributed by atoms with Gasteiger partial charge in [0.15, 0.2) is 5.65 Å². The van der Waals surface area contributed by atoms with E-state index in [2.05, 4.69) is 9.97 Å². The van der Waals surface area contributed by atoms with E-state index in [1.807, 2.05) is 13.2 Å². The molecule has 0 unspecified atom stereocenters. The van der Waals surface area contributed by atoms with Gasteiger partial charge in [-0.15, -0.1) is 11.8 Å². The third-order valence-corrected chi connectivity index (χ3v) is 7.11. The molecule has 0 amide bonds. The average molecular weight is 376 g/mol. The van der Waals surface area contributed by atoms with Gasteiger partial charge in [-0.05, 0) is 51.2 Å². The van der Waals surface area contributed by atoms with Crippen LogP contribution in [-0.2, 0) is 16.8 Å². The summed E-state index contributed by atoms with van der Waals surface area (Å²) in [6.07, 6.45) is 7.35. The molecule has 7 nitrogen and oxygen atoms in total. The number of thioether (sulfide) groups is 1. The first-order valence-electron chi connectivity index (χ1n) is 9.23. The number of aromatic amines is 1. The zero-order chi connectivity index (χ0) is 18.5. The molecule has 0 spiro atoms. The van der Waals surface area contributed by atoms with Gasteiger partial charge in [-0.3, -0.25) is 9.36 Å². The van der Waals surface area contributed by atoms with E-state index in [4.69, 9.17) is 4.98 Å². The van der Waals surface area contributed by atoms with Crippen molar-refractivity contribution in [1.29, 1.82) is 0 Å². The minimum Gasteiger partial charge on any atom is -0.481 e. The summed E-state index contributed by atoms with van der Waals surface area (Å²) in [6.45, 7) is 2.62. The fraction of sp³-hybridized carbons (Fsp3) is 0.667. The highest BCUT2D eigenvalue weighted by Gasteiger charge is 2.54. The highest BCUT2D eigenvalue weighted by atomic mass is 32.2. The van der Waals surface area contributed by atoms with Crippen molar-refractivity contribution in [3.8, 4) is 0 Å². The van der Waals surface area contributed by atoms with E-state index in [9.17, 15) is 14.7 Å².